The molecule has 0 unspecified atom stereocenters. The van der Waals surface area contributed by atoms with Gasteiger partial charge in [0.05, 0.1) is 6.54 Å². The Kier molecular flexibility index (Phi) is 7.96. The van der Waals surface area contributed by atoms with Gasteiger partial charge in [0.15, 0.2) is 5.96 Å². The highest BCUT2D eigenvalue weighted by atomic mass is 35.5. The molecule has 0 fully saturated rings. The molecule has 2 aromatic carbocycles. The molecule has 0 heterocycles. The lowest BCUT2D eigenvalue weighted by Gasteiger charge is -2.12. The molecule has 0 radical (unpaired) electrons. The highest BCUT2D eigenvalue weighted by Gasteiger charge is 2.04. The quantitative estimate of drug-likeness (QED) is 0.516. The Morgan fingerprint density at radius 3 is 2.31 bits per heavy atom. The lowest BCUT2D eigenvalue weighted by atomic mass is 10.1. The number of aliphatic imine (C=N–C) groups is 1. The number of amides is 1. The number of carbonyl (C=O) groups is 1. The van der Waals surface area contributed by atoms with Crippen LogP contribution in [-0.2, 0) is 13.1 Å². The number of rotatable bonds is 7. The van der Waals surface area contributed by atoms with Crippen molar-refractivity contribution in [3.63, 3.8) is 0 Å². The van der Waals surface area contributed by atoms with Gasteiger partial charge in [0.1, 0.15) is 0 Å². The molecule has 5 nitrogen and oxygen atoms in total. The van der Waals surface area contributed by atoms with E-state index >= 15 is 0 Å². The smallest absolute Gasteiger partial charge is 0.251 e. The Balaban J connectivity index is 1.97. The van der Waals surface area contributed by atoms with Crippen LogP contribution in [0.5, 0.6) is 0 Å². The molecule has 0 bridgehead atoms. The van der Waals surface area contributed by atoms with Crippen molar-refractivity contribution in [2.24, 2.45) is 4.99 Å². The minimum absolute atomic E-state index is 0.0581. The van der Waals surface area contributed by atoms with Crippen LogP contribution < -0.4 is 16.0 Å². The summed E-state index contributed by atoms with van der Waals surface area (Å²) < 4.78 is 0. The maximum Gasteiger partial charge on any atom is 0.251 e. The van der Waals surface area contributed by atoms with Gasteiger partial charge in [-0.1, -0.05) is 41.9 Å². The number of hydrogen-bond acceptors (Lipinski definition) is 2. The van der Waals surface area contributed by atoms with Gasteiger partial charge >= 0.3 is 0 Å². The number of benzene rings is 2. The fourth-order valence-electron chi connectivity index (χ4n) is 2.36. The van der Waals surface area contributed by atoms with Gasteiger partial charge in [-0.05, 0) is 43.2 Å². The van der Waals surface area contributed by atoms with Gasteiger partial charge in [-0.15, -0.1) is 0 Å². The number of carbonyl (C=O) groups excluding carboxylic acids is 1. The molecule has 0 aliphatic heterocycles. The van der Waals surface area contributed by atoms with E-state index in [1.54, 1.807) is 0 Å². The van der Waals surface area contributed by atoms with Crippen LogP contribution in [0.4, 0.5) is 0 Å². The van der Waals surface area contributed by atoms with Crippen LogP contribution in [0.1, 0.15) is 35.3 Å². The lowest BCUT2D eigenvalue weighted by molar-refractivity contribution is 0.0956. The zero-order chi connectivity index (χ0) is 18.8. The maximum absolute atomic E-state index is 11.8. The zero-order valence-electron chi connectivity index (χ0n) is 15.2. The molecular formula is C20H25ClN4O. The summed E-state index contributed by atoms with van der Waals surface area (Å²) in [6.45, 7) is 6.43. The first-order valence-electron chi connectivity index (χ1n) is 8.76. The van der Waals surface area contributed by atoms with Gasteiger partial charge in [-0.25, -0.2) is 4.99 Å². The van der Waals surface area contributed by atoms with Crippen LogP contribution in [0, 0.1) is 0 Å². The first kappa shape index (κ1) is 19.8. The Bertz CT molecular complexity index is 744. The summed E-state index contributed by atoms with van der Waals surface area (Å²) in [5, 5.41) is 10.0. The van der Waals surface area contributed by atoms with Gasteiger partial charge in [0, 0.05) is 30.2 Å². The first-order chi connectivity index (χ1) is 12.6. The summed E-state index contributed by atoms with van der Waals surface area (Å²) in [7, 11) is 0. The molecule has 0 spiro atoms. The molecule has 0 aromatic heterocycles. The standard InChI is InChI=1S/C20H25ClN4O/c1-3-22-19(26)16-11-9-15(10-12-16)13-24-20(23-4-2)25-14-17-7-5-6-8-18(17)21/h5-12H,3-4,13-14H2,1-2H3,(H,22,26)(H2,23,24,25). The van der Waals surface area contributed by atoms with Crippen molar-refractivity contribution in [3.8, 4) is 0 Å². The molecular weight excluding hydrogens is 348 g/mol. The van der Waals surface area contributed by atoms with E-state index in [1.807, 2.05) is 62.4 Å². The number of hydrogen-bond donors (Lipinski definition) is 3. The van der Waals surface area contributed by atoms with E-state index < -0.39 is 0 Å². The highest BCUT2D eigenvalue weighted by molar-refractivity contribution is 6.31. The van der Waals surface area contributed by atoms with Crippen LogP contribution in [0.3, 0.4) is 0 Å². The fraction of sp³-hybridized carbons (Fsp3) is 0.300. The van der Waals surface area contributed by atoms with E-state index in [2.05, 4.69) is 20.9 Å². The van der Waals surface area contributed by atoms with E-state index in [1.165, 1.54) is 0 Å². The van der Waals surface area contributed by atoms with Crippen molar-refractivity contribution in [2.45, 2.75) is 26.9 Å². The second-order valence-electron chi connectivity index (χ2n) is 5.70. The Morgan fingerprint density at radius 1 is 0.962 bits per heavy atom. The van der Waals surface area contributed by atoms with E-state index in [4.69, 9.17) is 11.6 Å². The third-order valence-corrected chi connectivity index (χ3v) is 4.09. The lowest BCUT2D eigenvalue weighted by Crippen LogP contribution is -2.36. The number of halogens is 1. The molecule has 0 saturated carbocycles. The van der Waals surface area contributed by atoms with Gasteiger partial charge in [0.25, 0.3) is 5.91 Å². The second kappa shape index (κ2) is 10.5. The van der Waals surface area contributed by atoms with Crippen molar-refractivity contribution in [1.82, 2.24) is 16.0 Å². The van der Waals surface area contributed by atoms with E-state index in [0.29, 0.717) is 25.2 Å². The Labute approximate surface area is 159 Å². The molecule has 6 heteroatoms. The summed E-state index contributed by atoms with van der Waals surface area (Å²) >= 11 is 6.19. The third kappa shape index (κ3) is 6.08. The second-order valence-corrected chi connectivity index (χ2v) is 6.10. The normalized spacial score (nSPS) is 11.1. The Morgan fingerprint density at radius 2 is 1.65 bits per heavy atom. The fourth-order valence-corrected chi connectivity index (χ4v) is 2.56. The van der Waals surface area contributed by atoms with Crippen LogP contribution in [-0.4, -0.2) is 25.0 Å². The summed E-state index contributed by atoms with van der Waals surface area (Å²) in [5.74, 6) is 0.664. The monoisotopic (exact) mass is 372 g/mol. The third-order valence-electron chi connectivity index (χ3n) is 3.72. The van der Waals surface area contributed by atoms with E-state index in [0.717, 1.165) is 28.7 Å². The van der Waals surface area contributed by atoms with Crippen LogP contribution in [0.25, 0.3) is 0 Å². The topological polar surface area (TPSA) is 65.5 Å². The predicted octanol–water partition coefficient (Wildman–Crippen LogP) is 3.35. The molecule has 0 aliphatic rings. The minimum Gasteiger partial charge on any atom is -0.357 e. The van der Waals surface area contributed by atoms with Gasteiger partial charge in [0.2, 0.25) is 0 Å². The largest absolute Gasteiger partial charge is 0.357 e. The maximum atomic E-state index is 11.8. The summed E-state index contributed by atoms with van der Waals surface area (Å²) in [5.41, 5.74) is 2.71. The number of guanidine groups is 1. The molecule has 0 saturated heterocycles. The molecule has 3 N–H and O–H groups in total. The molecule has 2 rings (SSSR count). The first-order valence-corrected chi connectivity index (χ1v) is 9.14. The average Bonchev–Trinajstić information content (AvgIpc) is 2.66. The number of nitrogens with zero attached hydrogens (tertiary/aromatic N) is 1. The predicted molar refractivity (Wildman–Crippen MR) is 108 cm³/mol. The summed E-state index contributed by atoms with van der Waals surface area (Å²) in [4.78, 5) is 16.4. The number of nitrogens with one attached hydrogen (secondary N) is 3. The zero-order valence-corrected chi connectivity index (χ0v) is 15.9. The molecule has 2 aromatic rings. The van der Waals surface area contributed by atoms with E-state index in [9.17, 15) is 4.79 Å². The molecule has 138 valence electrons. The van der Waals surface area contributed by atoms with Crippen molar-refractivity contribution >= 4 is 23.5 Å². The highest BCUT2D eigenvalue weighted by Crippen LogP contribution is 2.14. The van der Waals surface area contributed by atoms with Crippen molar-refractivity contribution in [2.75, 3.05) is 13.1 Å². The van der Waals surface area contributed by atoms with Crippen LogP contribution in [0.15, 0.2) is 53.5 Å². The van der Waals surface area contributed by atoms with Crippen molar-refractivity contribution in [1.29, 1.82) is 0 Å². The SMILES string of the molecule is CCNC(=O)c1ccc(CN=C(NCC)NCc2ccccc2Cl)cc1. The minimum atomic E-state index is -0.0581. The molecule has 1 amide bonds. The Hall–Kier alpha value is -2.53. The van der Waals surface area contributed by atoms with Crippen molar-refractivity contribution < 1.29 is 4.79 Å². The summed E-state index contributed by atoms with van der Waals surface area (Å²) in [6.07, 6.45) is 0. The average molecular weight is 373 g/mol. The van der Waals surface area contributed by atoms with Crippen molar-refractivity contribution in [3.05, 3.63) is 70.2 Å². The van der Waals surface area contributed by atoms with Gasteiger partial charge < -0.3 is 16.0 Å². The summed E-state index contributed by atoms with van der Waals surface area (Å²) in [6, 6.07) is 15.2. The molecule has 0 aliphatic carbocycles. The van der Waals surface area contributed by atoms with Crippen LogP contribution in [0.2, 0.25) is 5.02 Å². The van der Waals surface area contributed by atoms with E-state index in [-0.39, 0.29) is 5.91 Å². The van der Waals surface area contributed by atoms with Crippen LogP contribution >= 0.6 is 11.6 Å². The van der Waals surface area contributed by atoms with Gasteiger partial charge in [-0.3, -0.25) is 4.79 Å². The van der Waals surface area contributed by atoms with Gasteiger partial charge in [-0.2, -0.15) is 0 Å². The molecule has 0 atom stereocenters. The molecule has 26 heavy (non-hydrogen) atoms.